The van der Waals surface area contributed by atoms with E-state index in [-0.39, 0.29) is 18.6 Å². The first-order valence-corrected chi connectivity index (χ1v) is 10.4. The Bertz CT molecular complexity index is 1120. The number of nitrogens with one attached hydrogen (secondary N) is 2. The average Bonchev–Trinajstić information content (AvgIpc) is 2.74. The second-order valence-corrected chi connectivity index (χ2v) is 8.09. The molecule has 2 amide bonds. The number of rotatable bonds is 7. The number of anilines is 2. The number of amides is 2. The third kappa shape index (κ3) is 4.97. The van der Waals surface area contributed by atoms with Gasteiger partial charge in [0.1, 0.15) is 12.0 Å². The van der Waals surface area contributed by atoms with E-state index in [1.54, 1.807) is 48.8 Å². The highest BCUT2D eigenvalue weighted by molar-refractivity contribution is 6.30. The lowest BCUT2D eigenvalue weighted by Gasteiger charge is -2.36. The normalized spacial score (nSPS) is 14.2. The number of carbonyl (C=O) groups is 2. The molecular weight excluding hydrogens is 432 g/mol. The molecule has 9 heteroatoms. The predicted octanol–water partition coefficient (Wildman–Crippen LogP) is 5.07. The molecule has 0 radical (unpaired) electrons. The maximum atomic E-state index is 12.1. The quantitative estimate of drug-likeness (QED) is 0.461. The van der Waals surface area contributed by atoms with E-state index in [2.05, 4.69) is 20.6 Å². The Morgan fingerprint density at radius 3 is 2.28 bits per heavy atom. The van der Waals surface area contributed by atoms with Crippen molar-refractivity contribution in [3.63, 3.8) is 0 Å². The van der Waals surface area contributed by atoms with Gasteiger partial charge in [-0.05, 0) is 48.7 Å². The molecule has 1 saturated carbocycles. The largest absolute Gasteiger partial charge is 0.481 e. The molecule has 4 rings (SSSR count). The van der Waals surface area contributed by atoms with Crippen LogP contribution in [-0.4, -0.2) is 33.7 Å². The highest BCUT2D eigenvalue weighted by atomic mass is 35.5. The van der Waals surface area contributed by atoms with Gasteiger partial charge in [-0.2, -0.15) is 0 Å². The van der Waals surface area contributed by atoms with Crippen LogP contribution in [0, 0.1) is 5.41 Å². The van der Waals surface area contributed by atoms with Crippen LogP contribution >= 0.6 is 11.6 Å². The molecule has 3 aromatic rings. The Hall–Kier alpha value is -3.65. The monoisotopic (exact) mass is 452 g/mol. The summed E-state index contributed by atoms with van der Waals surface area (Å²) in [5.74, 6) is -0.838. The summed E-state index contributed by atoms with van der Waals surface area (Å²) in [5.41, 5.74) is 2.03. The molecular formula is C23H21ClN4O4. The van der Waals surface area contributed by atoms with E-state index in [9.17, 15) is 14.7 Å². The van der Waals surface area contributed by atoms with Crippen molar-refractivity contribution >= 4 is 35.0 Å². The summed E-state index contributed by atoms with van der Waals surface area (Å²) in [6, 6.07) is 13.9. The maximum Gasteiger partial charge on any atom is 0.323 e. The molecule has 2 aromatic carbocycles. The molecule has 8 nitrogen and oxygen atoms in total. The summed E-state index contributed by atoms with van der Waals surface area (Å²) in [6.45, 7) is 0.0687. The molecule has 1 aromatic heterocycles. The van der Waals surface area contributed by atoms with Crippen LogP contribution in [-0.2, 0) is 4.79 Å². The van der Waals surface area contributed by atoms with E-state index in [1.165, 1.54) is 0 Å². The van der Waals surface area contributed by atoms with E-state index >= 15 is 0 Å². The van der Waals surface area contributed by atoms with Crippen LogP contribution in [0.3, 0.4) is 0 Å². The van der Waals surface area contributed by atoms with Gasteiger partial charge in [-0.15, -0.1) is 0 Å². The maximum absolute atomic E-state index is 12.1. The lowest BCUT2D eigenvalue weighted by atomic mass is 9.69. The number of halogens is 1. The van der Waals surface area contributed by atoms with Crippen molar-refractivity contribution in [2.45, 2.75) is 19.3 Å². The third-order valence-electron chi connectivity index (χ3n) is 5.43. The lowest BCUT2D eigenvalue weighted by Crippen LogP contribution is -2.43. The van der Waals surface area contributed by atoms with Crippen molar-refractivity contribution in [3.8, 4) is 17.1 Å². The van der Waals surface area contributed by atoms with Gasteiger partial charge in [-0.25, -0.2) is 14.8 Å². The zero-order chi connectivity index (χ0) is 22.6. The van der Waals surface area contributed by atoms with Crippen LogP contribution in [0.15, 0.2) is 60.9 Å². The number of nitrogens with zero attached hydrogens (tertiary/aromatic N) is 2. The first kappa shape index (κ1) is 21.6. The summed E-state index contributed by atoms with van der Waals surface area (Å²) in [6.07, 6.45) is 5.34. The number of benzene rings is 2. The molecule has 3 N–H and O–H groups in total. The van der Waals surface area contributed by atoms with Crippen LogP contribution in [0.2, 0.25) is 5.02 Å². The fourth-order valence-electron chi connectivity index (χ4n) is 3.37. The molecule has 0 saturated heterocycles. The Morgan fingerprint density at radius 1 is 1.00 bits per heavy atom. The van der Waals surface area contributed by atoms with Crippen LogP contribution < -0.4 is 15.4 Å². The highest BCUT2D eigenvalue weighted by Crippen LogP contribution is 2.41. The van der Waals surface area contributed by atoms with Gasteiger partial charge in [0.05, 0.1) is 0 Å². The van der Waals surface area contributed by atoms with Crippen LogP contribution in [0.25, 0.3) is 11.1 Å². The van der Waals surface area contributed by atoms with Crippen LogP contribution in [0.5, 0.6) is 6.01 Å². The SMILES string of the molecule is O=C(Nc1ccc(-c2cnc(OCC3(C(=O)O)CCC3)nc2)cc1)Nc1cccc(Cl)c1. The molecule has 1 fully saturated rings. The zero-order valence-electron chi connectivity index (χ0n) is 17.0. The number of carbonyl (C=O) groups excluding carboxylic acids is 1. The average molecular weight is 453 g/mol. The number of carboxylic acid groups (broad SMARTS) is 1. The van der Waals surface area contributed by atoms with Gasteiger partial charge in [0.2, 0.25) is 0 Å². The Balaban J connectivity index is 1.33. The third-order valence-corrected chi connectivity index (χ3v) is 5.66. The second kappa shape index (κ2) is 9.23. The second-order valence-electron chi connectivity index (χ2n) is 7.65. The Labute approximate surface area is 189 Å². The summed E-state index contributed by atoms with van der Waals surface area (Å²) >= 11 is 5.92. The molecule has 0 unspecified atom stereocenters. The van der Waals surface area contributed by atoms with E-state index in [0.717, 1.165) is 17.5 Å². The summed E-state index contributed by atoms with van der Waals surface area (Å²) < 4.78 is 5.52. The number of ether oxygens (including phenoxy) is 1. The number of carboxylic acids is 1. The van der Waals surface area contributed by atoms with Crippen molar-refractivity contribution in [3.05, 3.63) is 65.9 Å². The summed E-state index contributed by atoms with van der Waals surface area (Å²) in [7, 11) is 0. The predicted molar refractivity (Wildman–Crippen MR) is 121 cm³/mol. The highest BCUT2D eigenvalue weighted by Gasteiger charge is 2.45. The standard InChI is InChI=1S/C23H21ClN4O4/c24-17-3-1-4-19(11-17)28-21(31)27-18-7-5-15(6-8-18)16-12-25-22(26-13-16)32-14-23(20(29)30)9-2-10-23/h1,3-8,11-13H,2,9-10,14H2,(H,29,30)(H2,27,28,31). The lowest BCUT2D eigenvalue weighted by molar-refractivity contribution is -0.157. The van der Waals surface area contributed by atoms with Crippen molar-refractivity contribution in [1.82, 2.24) is 9.97 Å². The number of aliphatic carboxylic acids is 1. The minimum Gasteiger partial charge on any atom is -0.481 e. The first-order valence-electron chi connectivity index (χ1n) is 10.1. The molecule has 164 valence electrons. The molecule has 0 aliphatic heterocycles. The Kier molecular flexibility index (Phi) is 6.23. The first-order chi connectivity index (χ1) is 15.4. The molecule has 0 bridgehead atoms. The van der Waals surface area contributed by atoms with E-state index in [4.69, 9.17) is 16.3 Å². The van der Waals surface area contributed by atoms with Crippen molar-refractivity contribution < 1.29 is 19.4 Å². The fraction of sp³-hybridized carbons (Fsp3) is 0.217. The molecule has 1 heterocycles. The van der Waals surface area contributed by atoms with Crippen molar-refractivity contribution in [1.29, 1.82) is 0 Å². The summed E-state index contributed by atoms with van der Waals surface area (Å²) in [5, 5.41) is 15.4. The van der Waals surface area contributed by atoms with E-state index in [0.29, 0.717) is 29.2 Å². The zero-order valence-corrected chi connectivity index (χ0v) is 17.8. The van der Waals surface area contributed by atoms with Gasteiger partial charge in [0, 0.05) is 34.4 Å². The van der Waals surface area contributed by atoms with Gasteiger partial charge < -0.3 is 20.5 Å². The van der Waals surface area contributed by atoms with Gasteiger partial charge >= 0.3 is 18.0 Å². The topological polar surface area (TPSA) is 113 Å². The number of hydrogen-bond donors (Lipinski definition) is 3. The number of aromatic nitrogens is 2. The Morgan fingerprint density at radius 2 is 1.69 bits per heavy atom. The number of hydrogen-bond acceptors (Lipinski definition) is 5. The van der Waals surface area contributed by atoms with Gasteiger partial charge in [0.25, 0.3) is 0 Å². The fourth-order valence-corrected chi connectivity index (χ4v) is 3.56. The van der Waals surface area contributed by atoms with E-state index < -0.39 is 11.4 Å². The molecule has 1 aliphatic carbocycles. The van der Waals surface area contributed by atoms with Crippen LogP contribution in [0.1, 0.15) is 19.3 Å². The smallest absolute Gasteiger partial charge is 0.323 e. The van der Waals surface area contributed by atoms with Crippen molar-refractivity contribution in [2.75, 3.05) is 17.2 Å². The molecule has 1 aliphatic rings. The van der Waals surface area contributed by atoms with Gasteiger partial charge in [0.15, 0.2) is 0 Å². The molecule has 32 heavy (non-hydrogen) atoms. The number of urea groups is 1. The van der Waals surface area contributed by atoms with Gasteiger partial charge in [-0.1, -0.05) is 36.2 Å². The minimum atomic E-state index is -0.838. The summed E-state index contributed by atoms with van der Waals surface area (Å²) in [4.78, 5) is 31.9. The van der Waals surface area contributed by atoms with Gasteiger partial charge in [-0.3, -0.25) is 4.79 Å². The van der Waals surface area contributed by atoms with E-state index in [1.807, 2.05) is 12.1 Å². The molecule has 0 atom stereocenters. The molecule has 0 spiro atoms. The minimum absolute atomic E-state index is 0.0687. The van der Waals surface area contributed by atoms with Crippen LogP contribution in [0.4, 0.5) is 16.2 Å². The van der Waals surface area contributed by atoms with Crippen molar-refractivity contribution in [2.24, 2.45) is 5.41 Å².